The van der Waals surface area contributed by atoms with Gasteiger partial charge in [0.25, 0.3) is 10.0 Å². The number of rotatable bonds is 5. The number of hydrogen-bond donors (Lipinski definition) is 1. The minimum atomic E-state index is -3.58. The molecule has 0 atom stereocenters. The molecule has 5 nitrogen and oxygen atoms in total. The highest BCUT2D eigenvalue weighted by Gasteiger charge is 2.15. The number of thiophene rings is 1. The second-order valence-electron chi connectivity index (χ2n) is 5.74. The van der Waals surface area contributed by atoms with Crippen molar-refractivity contribution in [2.24, 2.45) is 0 Å². The molecule has 0 aliphatic heterocycles. The normalized spacial score (nSPS) is 11.7. The van der Waals surface area contributed by atoms with Gasteiger partial charge in [-0.1, -0.05) is 18.2 Å². The van der Waals surface area contributed by atoms with Crippen molar-refractivity contribution in [2.45, 2.75) is 10.8 Å². The lowest BCUT2D eigenvalue weighted by Gasteiger charge is -2.07. The highest BCUT2D eigenvalue weighted by molar-refractivity contribution is 7.94. The lowest BCUT2D eigenvalue weighted by atomic mass is 10.2. The van der Waals surface area contributed by atoms with Crippen LogP contribution in [0.4, 0.5) is 10.1 Å². The SMILES string of the molecule is O=S(=O)(Nc1ccc2c(cnn2Cc2ccc(F)cc2)c1)c1cccs1. The van der Waals surface area contributed by atoms with Crippen molar-refractivity contribution >= 4 is 38.0 Å². The predicted octanol–water partition coefficient (Wildman–Crippen LogP) is 4.09. The van der Waals surface area contributed by atoms with Gasteiger partial charge in [0.15, 0.2) is 0 Å². The fourth-order valence-electron chi connectivity index (χ4n) is 2.66. The summed E-state index contributed by atoms with van der Waals surface area (Å²) in [5, 5.41) is 6.89. The topological polar surface area (TPSA) is 64.0 Å². The van der Waals surface area contributed by atoms with Gasteiger partial charge in [0, 0.05) is 11.1 Å². The van der Waals surface area contributed by atoms with E-state index in [1.807, 2.05) is 6.07 Å². The van der Waals surface area contributed by atoms with Crippen LogP contribution in [-0.2, 0) is 16.6 Å². The Labute approximate surface area is 153 Å². The summed E-state index contributed by atoms with van der Waals surface area (Å²) in [5.41, 5.74) is 2.28. The summed E-state index contributed by atoms with van der Waals surface area (Å²) < 4.78 is 42.3. The third kappa shape index (κ3) is 3.33. The Bertz CT molecular complexity index is 1150. The van der Waals surface area contributed by atoms with E-state index in [1.54, 1.807) is 52.7 Å². The van der Waals surface area contributed by atoms with E-state index in [-0.39, 0.29) is 10.0 Å². The van der Waals surface area contributed by atoms with Gasteiger partial charge in [-0.25, -0.2) is 12.8 Å². The summed E-state index contributed by atoms with van der Waals surface area (Å²) in [5.74, 6) is -0.276. The minimum absolute atomic E-state index is 0.268. The summed E-state index contributed by atoms with van der Waals surface area (Å²) in [4.78, 5) is 0. The van der Waals surface area contributed by atoms with Gasteiger partial charge in [-0.3, -0.25) is 9.40 Å². The van der Waals surface area contributed by atoms with E-state index < -0.39 is 10.0 Å². The second-order valence-corrected chi connectivity index (χ2v) is 8.60. The Morgan fingerprint density at radius 1 is 1.12 bits per heavy atom. The van der Waals surface area contributed by atoms with Gasteiger partial charge in [-0.05, 0) is 47.3 Å². The molecular weight excluding hydrogens is 373 g/mol. The maximum atomic E-state index is 13.0. The number of hydrogen-bond acceptors (Lipinski definition) is 4. The molecule has 132 valence electrons. The van der Waals surface area contributed by atoms with Crippen LogP contribution in [-0.4, -0.2) is 18.2 Å². The molecule has 2 aromatic carbocycles. The number of benzene rings is 2. The first-order valence-electron chi connectivity index (χ1n) is 7.78. The number of nitrogens with zero attached hydrogens (tertiary/aromatic N) is 2. The van der Waals surface area contributed by atoms with Gasteiger partial charge in [0.2, 0.25) is 0 Å². The van der Waals surface area contributed by atoms with E-state index in [4.69, 9.17) is 0 Å². The second kappa shape index (κ2) is 6.54. The van der Waals surface area contributed by atoms with E-state index in [1.165, 1.54) is 23.5 Å². The molecule has 0 unspecified atom stereocenters. The largest absolute Gasteiger partial charge is 0.279 e. The van der Waals surface area contributed by atoms with Crippen molar-refractivity contribution in [1.29, 1.82) is 0 Å². The maximum absolute atomic E-state index is 13.0. The van der Waals surface area contributed by atoms with Crippen molar-refractivity contribution in [3.63, 3.8) is 0 Å². The fraction of sp³-hybridized carbons (Fsp3) is 0.0556. The molecule has 0 saturated heterocycles. The van der Waals surface area contributed by atoms with Gasteiger partial charge < -0.3 is 0 Å². The average Bonchev–Trinajstić information content (AvgIpc) is 3.27. The summed E-state index contributed by atoms with van der Waals surface area (Å²) in [6.07, 6.45) is 1.68. The van der Waals surface area contributed by atoms with Gasteiger partial charge in [0.05, 0.1) is 18.3 Å². The van der Waals surface area contributed by atoms with Crippen LogP contribution in [0, 0.1) is 5.82 Å². The molecule has 0 amide bonds. The first-order chi connectivity index (χ1) is 12.5. The van der Waals surface area contributed by atoms with Crippen LogP contribution >= 0.6 is 11.3 Å². The summed E-state index contributed by atoms with van der Waals surface area (Å²) in [7, 11) is -3.58. The number of anilines is 1. The molecule has 4 rings (SSSR count). The van der Waals surface area contributed by atoms with Crippen LogP contribution in [0.3, 0.4) is 0 Å². The predicted molar refractivity (Wildman–Crippen MR) is 100 cm³/mol. The zero-order valence-electron chi connectivity index (χ0n) is 13.5. The van der Waals surface area contributed by atoms with E-state index in [9.17, 15) is 12.8 Å². The number of nitrogens with one attached hydrogen (secondary N) is 1. The van der Waals surface area contributed by atoms with Crippen molar-refractivity contribution in [3.8, 4) is 0 Å². The van der Waals surface area contributed by atoms with Crippen LogP contribution in [0.1, 0.15) is 5.56 Å². The Morgan fingerprint density at radius 2 is 1.92 bits per heavy atom. The molecule has 0 radical (unpaired) electrons. The standard InChI is InChI=1S/C18H14FN3O2S2/c19-15-5-3-13(4-6-15)12-22-17-8-7-16(10-14(17)11-20-22)21-26(23,24)18-2-1-9-25-18/h1-11,21H,12H2. The van der Waals surface area contributed by atoms with Gasteiger partial charge in [-0.15, -0.1) is 11.3 Å². The quantitative estimate of drug-likeness (QED) is 0.561. The first-order valence-corrected chi connectivity index (χ1v) is 10.1. The molecule has 0 saturated carbocycles. The van der Waals surface area contributed by atoms with Crippen LogP contribution in [0.25, 0.3) is 10.9 Å². The van der Waals surface area contributed by atoms with Gasteiger partial charge >= 0.3 is 0 Å². The minimum Gasteiger partial charge on any atom is -0.279 e. The molecule has 1 N–H and O–H groups in total. The first kappa shape index (κ1) is 16.7. The van der Waals surface area contributed by atoms with Crippen molar-refractivity contribution in [3.05, 3.63) is 77.6 Å². The van der Waals surface area contributed by atoms with Crippen molar-refractivity contribution in [2.75, 3.05) is 4.72 Å². The Kier molecular flexibility index (Phi) is 4.21. The van der Waals surface area contributed by atoms with Gasteiger partial charge in [0.1, 0.15) is 10.0 Å². The Morgan fingerprint density at radius 3 is 2.65 bits per heavy atom. The molecule has 0 bridgehead atoms. The fourth-order valence-corrected chi connectivity index (χ4v) is 4.70. The molecule has 0 aliphatic carbocycles. The van der Waals surface area contributed by atoms with Crippen LogP contribution in [0.2, 0.25) is 0 Å². The molecule has 0 aliphatic rings. The third-order valence-corrected chi connectivity index (χ3v) is 6.68. The van der Waals surface area contributed by atoms with E-state index in [2.05, 4.69) is 9.82 Å². The maximum Gasteiger partial charge on any atom is 0.271 e. The number of halogens is 1. The zero-order chi connectivity index (χ0) is 18.1. The number of sulfonamides is 1. The molecule has 2 aromatic heterocycles. The number of fused-ring (bicyclic) bond motifs is 1. The van der Waals surface area contributed by atoms with Crippen molar-refractivity contribution in [1.82, 2.24) is 9.78 Å². The van der Waals surface area contributed by atoms with Crippen LogP contribution in [0.15, 0.2) is 70.4 Å². The highest BCUT2D eigenvalue weighted by atomic mass is 32.2. The summed E-state index contributed by atoms with van der Waals surface area (Å²) in [6, 6.07) is 14.8. The Hall–Kier alpha value is -2.71. The van der Waals surface area contributed by atoms with Gasteiger partial charge in [-0.2, -0.15) is 5.10 Å². The van der Waals surface area contributed by atoms with Crippen molar-refractivity contribution < 1.29 is 12.8 Å². The monoisotopic (exact) mass is 387 g/mol. The highest BCUT2D eigenvalue weighted by Crippen LogP contribution is 2.24. The molecular formula is C18H14FN3O2S2. The molecule has 4 aromatic rings. The zero-order valence-corrected chi connectivity index (χ0v) is 15.1. The summed E-state index contributed by atoms with van der Waals surface area (Å²) >= 11 is 1.17. The molecule has 26 heavy (non-hydrogen) atoms. The molecule has 0 spiro atoms. The molecule has 2 heterocycles. The van der Waals surface area contributed by atoms with E-state index in [0.29, 0.717) is 12.2 Å². The van der Waals surface area contributed by atoms with E-state index in [0.717, 1.165) is 16.5 Å². The lowest BCUT2D eigenvalue weighted by Crippen LogP contribution is -2.11. The Balaban J connectivity index is 1.60. The third-order valence-electron chi connectivity index (χ3n) is 3.90. The summed E-state index contributed by atoms with van der Waals surface area (Å²) in [6.45, 7) is 0.504. The molecule has 0 fully saturated rings. The molecule has 8 heteroatoms. The average molecular weight is 387 g/mol. The lowest BCUT2D eigenvalue weighted by molar-refractivity contribution is 0.603. The van der Waals surface area contributed by atoms with Crippen LogP contribution in [0.5, 0.6) is 0 Å². The smallest absolute Gasteiger partial charge is 0.271 e. The number of aromatic nitrogens is 2. The van der Waals surface area contributed by atoms with Crippen LogP contribution < -0.4 is 4.72 Å². The van der Waals surface area contributed by atoms with E-state index >= 15 is 0 Å².